The molecule has 6 rings (SSSR count). The molecule has 12 heteroatoms. The topological polar surface area (TPSA) is 117 Å². The third-order valence-electron chi connectivity index (χ3n) is 7.85. The number of aliphatic hydroxyl groups is 2. The summed E-state index contributed by atoms with van der Waals surface area (Å²) in [7, 11) is -4.07. The van der Waals surface area contributed by atoms with Crippen molar-refractivity contribution in [2.75, 3.05) is 5.32 Å². The van der Waals surface area contributed by atoms with Crippen LogP contribution in [0, 0.1) is 36.2 Å². The molecule has 7 nitrogen and oxygen atoms in total. The van der Waals surface area contributed by atoms with Crippen molar-refractivity contribution in [3.63, 3.8) is 0 Å². The molecule has 2 aromatic carbocycles. The van der Waals surface area contributed by atoms with Gasteiger partial charge in [-0.25, -0.2) is 21.6 Å². The van der Waals surface area contributed by atoms with E-state index >= 15 is 0 Å². The second kappa shape index (κ2) is 9.88. The van der Waals surface area contributed by atoms with Crippen molar-refractivity contribution in [1.82, 2.24) is 4.98 Å². The van der Waals surface area contributed by atoms with Gasteiger partial charge in [-0.15, -0.1) is 0 Å². The van der Waals surface area contributed by atoms with Crippen LogP contribution in [0.25, 0.3) is 0 Å². The van der Waals surface area contributed by atoms with Crippen molar-refractivity contribution >= 4 is 33.0 Å². The molecule has 3 saturated carbocycles. The number of anilines is 1. The maximum atomic E-state index is 13.6. The Hall–Kier alpha value is -2.99. The van der Waals surface area contributed by atoms with Gasteiger partial charge in [-0.1, -0.05) is 11.6 Å². The second-order valence-corrected chi connectivity index (χ2v) is 12.7. The van der Waals surface area contributed by atoms with Gasteiger partial charge in [-0.2, -0.15) is 0 Å². The maximum Gasteiger partial charge on any atom is 0.255 e. The summed E-state index contributed by atoms with van der Waals surface area (Å²) in [6.45, 7) is 1.44. The van der Waals surface area contributed by atoms with Crippen molar-refractivity contribution < 1.29 is 36.6 Å². The van der Waals surface area contributed by atoms with Crippen LogP contribution in [0.4, 0.5) is 18.9 Å². The van der Waals surface area contributed by atoms with E-state index in [1.165, 1.54) is 25.1 Å². The largest absolute Gasteiger partial charge is 0.386 e. The summed E-state index contributed by atoms with van der Waals surface area (Å²) < 4.78 is 67.6. The molecule has 1 amide bonds. The molecule has 3 unspecified atom stereocenters. The molecule has 3 N–H and O–H groups in total. The van der Waals surface area contributed by atoms with E-state index in [4.69, 9.17) is 11.6 Å². The zero-order chi connectivity index (χ0) is 28.3. The van der Waals surface area contributed by atoms with Crippen molar-refractivity contribution in [3.8, 4) is 0 Å². The summed E-state index contributed by atoms with van der Waals surface area (Å²) >= 11 is 6.23. The molecular weight excluding hydrogens is 557 g/mol. The van der Waals surface area contributed by atoms with Crippen LogP contribution in [0.2, 0.25) is 5.02 Å². The summed E-state index contributed by atoms with van der Waals surface area (Å²) in [5, 5.41) is 23.7. The lowest BCUT2D eigenvalue weighted by Crippen LogP contribution is -2.64. The van der Waals surface area contributed by atoms with Crippen LogP contribution in [-0.2, 0) is 9.84 Å². The molecule has 0 radical (unpaired) electrons. The molecule has 206 valence electrons. The third kappa shape index (κ3) is 4.71. The van der Waals surface area contributed by atoms with Gasteiger partial charge in [-0.05, 0) is 80.5 Å². The molecule has 2 bridgehead atoms. The van der Waals surface area contributed by atoms with Crippen LogP contribution in [0.5, 0.6) is 0 Å². The normalized spacial score (nSPS) is 25.1. The summed E-state index contributed by atoms with van der Waals surface area (Å²) in [5.74, 6) is -4.65. The number of aryl methyl sites for hydroxylation is 1. The first-order valence-electron chi connectivity index (χ1n) is 12.2. The van der Waals surface area contributed by atoms with Gasteiger partial charge in [-0.3, -0.25) is 9.78 Å². The van der Waals surface area contributed by atoms with E-state index < -0.39 is 62.0 Å². The lowest BCUT2D eigenvalue weighted by atomic mass is 9.51. The number of amides is 1. The van der Waals surface area contributed by atoms with Gasteiger partial charge in [0.25, 0.3) is 5.91 Å². The molecule has 0 saturated heterocycles. The molecule has 3 fully saturated rings. The zero-order valence-corrected chi connectivity index (χ0v) is 22.1. The van der Waals surface area contributed by atoms with E-state index in [0.717, 1.165) is 30.3 Å². The van der Waals surface area contributed by atoms with Gasteiger partial charge in [0.2, 0.25) is 0 Å². The number of fused-ring (bicyclic) bond motifs is 2. The summed E-state index contributed by atoms with van der Waals surface area (Å²) in [6.07, 6.45) is -0.844. The predicted molar refractivity (Wildman–Crippen MR) is 136 cm³/mol. The van der Waals surface area contributed by atoms with E-state index in [-0.39, 0.29) is 45.4 Å². The molecule has 1 heterocycles. The van der Waals surface area contributed by atoms with Gasteiger partial charge in [0.15, 0.2) is 21.5 Å². The average molecular weight is 581 g/mol. The fraction of sp³-hybridized carbons (Fsp3) is 0.333. The number of sulfone groups is 1. The number of carbonyl (C=O) groups is 1. The standard InChI is InChI=1S/C27H24ClF3N2O5S/c1-13-20(29)6-7-23(32-13)25(34)27(36)15-9-16(27)11-18(10-15)39(37,38)24-8-14(2-4-19(24)28)26(35)33-17-3-5-21(30)22(31)12-17/h2-8,12,15-16,18,25,34,36H,9-11H2,1H3,(H,33,35). The van der Waals surface area contributed by atoms with Gasteiger partial charge < -0.3 is 15.5 Å². The molecule has 3 aliphatic carbocycles. The lowest BCUT2D eigenvalue weighted by molar-refractivity contribution is -0.234. The summed E-state index contributed by atoms with van der Waals surface area (Å²) in [5.41, 5.74) is -1.51. The minimum absolute atomic E-state index is 0.0192. The summed E-state index contributed by atoms with van der Waals surface area (Å²) in [6, 6.07) is 8.96. The Morgan fingerprint density at radius 1 is 1.03 bits per heavy atom. The maximum absolute atomic E-state index is 13.6. The number of aromatic nitrogens is 1. The van der Waals surface area contributed by atoms with Gasteiger partial charge >= 0.3 is 0 Å². The number of halogens is 4. The van der Waals surface area contributed by atoms with Crippen LogP contribution < -0.4 is 5.32 Å². The minimum Gasteiger partial charge on any atom is -0.386 e. The fourth-order valence-electron chi connectivity index (χ4n) is 5.67. The predicted octanol–water partition coefficient (Wildman–Crippen LogP) is 4.75. The Labute approximate surface area is 227 Å². The molecule has 1 aromatic heterocycles. The first kappa shape index (κ1) is 27.6. The van der Waals surface area contributed by atoms with E-state index in [2.05, 4.69) is 10.3 Å². The number of rotatable bonds is 6. The van der Waals surface area contributed by atoms with Crippen LogP contribution in [0.1, 0.15) is 47.1 Å². The van der Waals surface area contributed by atoms with Crippen molar-refractivity contribution in [3.05, 3.63) is 88.0 Å². The zero-order valence-electron chi connectivity index (χ0n) is 20.5. The lowest BCUT2D eigenvalue weighted by Gasteiger charge is -2.59. The van der Waals surface area contributed by atoms with Crippen LogP contribution >= 0.6 is 11.6 Å². The van der Waals surface area contributed by atoms with E-state index in [9.17, 15) is 36.6 Å². The molecule has 3 aliphatic rings. The number of carbonyl (C=O) groups excluding carboxylic acids is 1. The Kier molecular flexibility index (Phi) is 6.99. The number of benzene rings is 2. The van der Waals surface area contributed by atoms with E-state index in [0.29, 0.717) is 6.42 Å². The van der Waals surface area contributed by atoms with E-state index in [1.54, 1.807) is 0 Å². The van der Waals surface area contributed by atoms with Crippen molar-refractivity contribution in [1.29, 1.82) is 0 Å². The quantitative estimate of drug-likeness (QED) is 0.387. The Morgan fingerprint density at radius 3 is 2.33 bits per heavy atom. The Morgan fingerprint density at radius 2 is 1.69 bits per heavy atom. The number of pyridine rings is 1. The average Bonchev–Trinajstić information content (AvgIpc) is 2.91. The van der Waals surface area contributed by atoms with Gasteiger partial charge in [0.05, 0.1) is 26.6 Å². The highest BCUT2D eigenvalue weighted by Gasteiger charge is 2.63. The highest BCUT2D eigenvalue weighted by molar-refractivity contribution is 7.92. The number of nitrogens with zero attached hydrogens (tertiary/aromatic N) is 1. The molecular formula is C27H24ClF3N2O5S. The Balaban J connectivity index is 1.35. The second-order valence-electron chi connectivity index (χ2n) is 10.1. The fourth-order valence-corrected chi connectivity index (χ4v) is 8.07. The van der Waals surface area contributed by atoms with Gasteiger partial charge in [0.1, 0.15) is 17.5 Å². The third-order valence-corrected chi connectivity index (χ3v) is 10.5. The van der Waals surface area contributed by atoms with Crippen molar-refractivity contribution in [2.45, 2.75) is 48.0 Å². The minimum atomic E-state index is -4.07. The molecule has 39 heavy (non-hydrogen) atoms. The number of aliphatic hydroxyl groups excluding tert-OH is 1. The van der Waals surface area contributed by atoms with Crippen LogP contribution in [0.15, 0.2) is 53.4 Å². The smallest absolute Gasteiger partial charge is 0.255 e. The molecule has 0 spiro atoms. The monoisotopic (exact) mass is 580 g/mol. The van der Waals surface area contributed by atoms with Crippen molar-refractivity contribution in [2.24, 2.45) is 11.8 Å². The van der Waals surface area contributed by atoms with E-state index in [1.807, 2.05) is 0 Å². The Bertz CT molecular complexity index is 1570. The van der Waals surface area contributed by atoms with Crippen LogP contribution in [-0.4, -0.2) is 40.4 Å². The number of hydrogen-bond donors (Lipinski definition) is 3. The number of nitrogens with one attached hydrogen (secondary N) is 1. The highest BCUT2D eigenvalue weighted by Crippen LogP contribution is 2.60. The first-order chi connectivity index (χ1) is 18.3. The molecule has 3 aromatic rings. The molecule has 3 atom stereocenters. The highest BCUT2D eigenvalue weighted by atomic mass is 35.5. The molecule has 0 aliphatic heterocycles. The van der Waals surface area contributed by atoms with Crippen LogP contribution in [0.3, 0.4) is 0 Å². The SMILES string of the molecule is Cc1nc(C(O)C2(O)C3CC2CC(S(=O)(=O)c2cc(C(=O)Nc4ccc(F)c(F)c4)ccc2Cl)C3)ccc1F. The number of hydrogen-bond acceptors (Lipinski definition) is 6. The van der Waals surface area contributed by atoms with Gasteiger partial charge in [0, 0.05) is 17.3 Å². The summed E-state index contributed by atoms with van der Waals surface area (Å²) in [4.78, 5) is 16.5. The first-order valence-corrected chi connectivity index (χ1v) is 14.1.